The van der Waals surface area contributed by atoms with Crippen molar-refractivity contribution in [1.82, 2.24) is 14.8 Å². The predicted octanol–water partition coefficient (Wildman–Crippen LogP) is 1.48. The number of nitrogens with zero attached hydrogens (tertiary/aromatic N) is 3. The van der Waals surface area contributed by atoms with E-state index in [2.05, 4.69) is 10.1 Å². The molecule has 0 spiro atoms. The third kappa shape index (κ3) is 2.13. The number of ketones is 1. The zero-order valence-electron chi connectivity index (χ0n) is 9.91. The average Bonchev–Trinajstić information content (AvgIpc) is 2.71. The molecule has 0 bridgehead atoms. The van der Waals surface area contributed by atoms with Crippen LogP contribution in [0.5, 0.6) is 0 Å². The Morgan fingerprint density at radius 2 is 2.06 bits per heavy atom. The number of Topliss-reactive ketones (excluding diaryl/α,β-unsaturated/α-hetero) is 1. The second kappa shape index (κ2) is 4.40. The summed E-state index contributed by atoms with van der Waals surface area (Å²) in [5.74, 6) is -1.14. The van der Waals surface area contributed by atoms with E-state index >= 15 is 0 Å². The van der Waals surface area contributed by atoms with Gasteiger partial charge in [0, 0.05) is 13.1 Å². The van der Waals surface area contributed by atoms with Gasteiger partial charge in [0.05, 0.1) is 17.6 Å². The summed E-state index contributed by atoms with van der Waals surface area (Å²) in [6.07, 6.45) is 2.90. The molecule has 0 saturated carbocycles. The van der Waals surface area contributed by atoms with Crippen LogP contribution in [-0.2, 0) is 0 Å². The highest BCUT2D eigenvalue weighted by atomic mass is 16.4. The second-order valence-corrected chi connectivity index (χ2v) is 3.84. The third-order valence-electron chi connectivity index (χ3n) is 2.50. The van der Waals surface area contributed by atoms with Crippen LogP contribution >= 0.6 is 0 Å². The van der Waals surface area contributed by atoms with E-state index in [4.69, 9.17) is 5.11 Å². The first-order chi connectivity index (χ1) is 8.49. The van der Waals surface area contributed by atoms with Crippen molar-refractivity contribution >= 4 is 11.8 Å². The molecule has 0 radical (unpaired) electrons. The minimum Gasteiger partial charge on any atom is -0.478 e. The fourth-order valence-electron chi connectivity index (χ4n) is 1.53. The van der Waals surface area contributed by atoms with E-state index in [9.17, 15) is 9.59 Å². The average molecular weight is 245 g/mol. The van der Waals surface area contributed by atoms with Crippen LogP contribution in [0.2, 0.25) is 0 Å². The summed E-state index contributed by atoms with van der Waals surface area (Å²) in [6, 6.07) is 3.25. The van der Waals surface area contributed by atoms with Crippen molar-refractivity contribution in [3.05, 3.63) is 41.5 Å². The quantitative estimate of drug-likeness (QED) is 0.828. The zero-order chi connectivity index (χ0) is 13.3. The van der Waals surface area contributed by atoms with Gasteiger partial charge >= 0.3 is 5.97 Å². The summed E-state index contributed by atoms with van der Waals surface area (Å²) >= 11 is 0. The van der Waals surface area contributed by atoms with Crippen molar-refractivity contribution in [2.24, 2.45) is 0 Å². The Morgan fingerprint density at radius 1 is 1.33 bits per heavy atom. The molecule has 0 saturated heterocycles. The first-order valence-electron chi connectivity index (χ1n) is 5.26. The van der Waals surface area contributed by atoms with Crippen LogP contribution in [0.4, 0.5) is 0 Å². The van der Waals surface area contributed by atoms with Gasteiger partial charge in [0.1, 0.15) is 11.3 Å². The number of hydrogen-bond acceptors (Lipinski definition) is 4. The molecule has 0 aliphatic heterocycles. The van der Waals surface area contributed by atoms with Crippen LogP contribution in [0.3, 0.4) is 0 Å². The van der Waals surface area contributed by atoms with Crippen molar-refractivity contribution in [2.75, 3.05) is 0 Å². The highest BCUT2D eigenvalue weighted by molar-refractivity contribution is 5.92. The smallest absolute Gasteiger partial charge is 0.339 e. The molecule has 2 rings (SSSR count). The molecule has 0 aromatic carbocycles. The number of carbonyl (C=O) groups is 2. The molecule has 1 N–H and O–H groups in total. The SMILES string of the molecule is CC(=O)c1ccc(-n2cc(C(=O)O)c(C)n2)cn1. The fourth-order valence-corrected chi connectivity index (χ4v) is 1.53. The van der Waals surface area contributed by atoms with Gasteiger partial charge in [0.25, 0.3) is 0 Å². The molecule has 2 aromatic rings. The molecular weight excluding hydrogens is 234 g/mol. The molecule has 0 atom stereocenters. The van der Waals surface area contributed by atoms with Gasteiger partial charge in [-0.2, -0.15) is 5.10 Å². The number of hydrogen-bond donors (Lipinski definition) is 1. The van der Waals surface area contributed by atoms with Crippen molar-refractivity contribution in [2.45, 2.75) is 13.8 Å². The number of aromatic nitrogens is 3. The Labute approximate surface area is 103 Å². The Morgan fingerprint density at radius 3 is 2.50 bits per heavy atom. The van der Waals surface area contributed by atoms with E-state index in [1.165, 1.54) is 24.0 Å². The topological polar surface area (TPSA) is 85.1 Å². The molecule has 0 fully saturated rings. The summed E-state index contributed by atoms with van der Waals surface area (Å²) < 4.78 is 1.43. The third-order valence-corrected chi connectivity index (χ3v) is 2.50. The number of rotatable bonds is 3. The summed E-state index contributed by atoms with van der Waals surface area (Å²) in [6.45, 7) is 3.06. The van der Waals surface area contributed by atoms with Crippen molar-refractivity contribution in [3.63, 3.8) is 0 Å². The maximum Gasteiger partial charge on any atom is 0.339 e. The number of aromatic carboxylic acids is 1. The van der Waals surface area contributed by atoms with E-state index in [-0.39, 0.29) is 11.3 Å². The van der Waals surface area contributed by atoms with Crippen LogP contribution < -0.4 is 0 Å². The summed E-state index contributed by atoms with van der Waals surface area (Å²) in [7, 11) is 0. The molecule has 0 unspecified atom stereocenters. The Balaban J connectivity index is 2.40. The normalized spacial score (nSPS) is 10.3. The van der Waals surface area contributed by atoms with E-state index in [1.54, 1.807) is 19.1 Å². The Bertz CT molecular complexity index is 614. The summed E-state index contributed by atoms with van der Waals surface area (Å²) in [5.41, 5.74) is 1.54. The minimum absolute atomic E-state index is 0.121. The van der Waals surface area contributed by atoms with Gasteiger partial charge in [-0.15, -0.1) is 0 Å². The van der Waals surface area contributed by atoms with Gasteiger partial charge in [0.2, 0.25) is 0 Å². The van der Waals surface area contributed by atoms with Crippen LogP contribution in [0.15, 0.2) is 24.5 Å². The largest absolute Gasteiger partial charge is 0.478 e. The van der Waals surface area contributed by atoms with Crippen LogP contribution in [-0.4, -0.2) is 31.6 Å². The van der Waals surface area contributed by atoms with Crippen molar-refractivity contribution < 1.29 is 14.7 Å². The maximum atomic E-state index is 11.1. The highest BCUT2D eigenvalue weighted by Gasteiger charge is 2.12. The monoisotopic (exact) mass is 245 g/mol. The fraction of sp³-hybridized carbons (Fsp3) is 0.167. The first kappa shape index (κ1) is 12.0. The molecule has 92 valence electrons. The molecule has 0 aliphatic rings. The Kier molecular flexibility index (Phi) is 2.93. The molecule has 2 heterocycles. The lowest BCUT2D eigenvalue weighted by atomic mass is 10.2. The molecular formula is C12H11N3O3. The van der Waals surface area contributed by atoms with E-state index in [0.29, 0.717) is 17.1 Å². The lowest BCUT2D eigenvalue weighted by Crippen LogP contribution is -2.00. The van der Waals surface area contributed by atoms with Crippen LogP contribution in [0.1, 0.15) is 33.5 Å². The molecule has 2 aromatic heterocycles. The van der Waals surface area contributed by atoms with Gasteiger partial charge < -0.3 is 5.11 Å². The summed E-state index contributed by atoms with van der Waals surface area (Å²) in [5, 5.41) is 13.0. The number of carboxylic acids is 1. The van der Waals surface area contributed by atoms with Gasteiger partial charge in [0.15, 0.2) is 5.78 Å². The lowest BCUT2D eigenvalue weighted by molar-refractivity contribution is 0.0696. The van der Waals surface area contributed by atoms with Gasteiger partial charge in [-0.3, -0.25) is 9.78 Å². The van der Waals surface area contributed by atoms with Crippen LogP contribution in [0.25, 0.3) is 5.69 Å². The van der Waals surface area contributed by atoms with Crippen LogP contribution in [0, 0.1) is 6.92 Å². The van der Waals surface area contributed by atoms with Crippen molar-refractivity contribution in [1.29, 1.82) is 0 Å². The number of aryl methyl sites for hydroxylation is 1. The van der Waals surface area contributed by atoms with E-state index in [1.807, 2.05) is 0 Å². The predicted molar refractivity (Wildman–Crippen MR) is 63.1 cm³/mol. The maximum absolute atomic E-state index is 11.1. The van der Waals surface area contributed by atoms with Gasteiger partial charge in [-0.05, 0) is 19.1 Å². The zero-order valence-corrected chi connectivity index (χ0v) is 9.91. The van der Waals surface area contributed by atoms with Gasteiger partial charge in [-0.1, -0.05) is 0 Å². The summed E-state index contributed by atoms with van der Waals surface area (Å²) in [4.78, 5) is 26.0. The molecule has 18 heavy (non-hydrogen) atoms. The molecule has 0 amide bonds. The number of pyridine rings is 1. The van der Waals surface area contributed by atoms with E-state index < -0.39 is 5.97 Å². The molecule has 6 nitrogen and oxygen atoms in total. The van der Waals surface area contributed by atoms with Gasteiger partial charge in [-0.25, -0.2) is 9.48 Å². The van der Waals surface area contributed by atoms with E-state index in [0.717, 1.165) is 0 Å². The highest BCUT2D eigenvalue weighted by Crippen LogP contribution is 2.11. The molecule has 0 aliphatic carbocycles. The standard InChI is InChI=1S/C12H11N3O3/c1-7-10(12(17)18)6-15(14-7)9-3-4-11(8(2)16)13-5-9/h3-6H,1-2H3,(H,17,18). The second-order valence-electron chi connectivity index (χ2n) is 3.84. The minimum atomic E-state index is -1.02. The number of carbonyl (C=O) groups excluding carboxylic acids is 1. The Hall–Kier alpha value is -2.50. The number of carboxylic acid groups (broad SMARTS) is 1. The first-order valence-corrected chi connectivity index (χ1v) is 5.26. The molecule has 6 heteroatoms. The van der Waals surface area contributed by atoms with Crippen molar-refractivity contribution in [3.8, 4) is 5.69 Å². The lowest BCUT2D eigenvalue weighted by Gasteiger charge is -2.00.